The molecule has 4 rings (SSSR count). The first-order valence-electron chi connectivity index (χ1n) is 7.67. The molecule has 21 heavy (non-hydrogen) atoms. The van der Waals surface area contributed by atoms with E-state index in [1.165, 1.54) is 45.3 Å². The van der Waals surface area contributed by atoms with Gasteiger partial charge in [0.15, 0.2) is 5.65 Å². The number of hydrogen-bond donors (Lipinski definition) is 2. The first-order valence-corrected chi connectivity index (χ1v) is 7.67. The van der Waals surface area contributed by atoms with Crippen molar-refractivity contribution in [2.45, 2.75) is 25.7 Å². The second-order valence-corrected chi connectivity index (χ2v) is 6.40. The number of anilines is 2. The Morgan fingerprint density at radius 1 is 1.29 bits per heavy atom. The average Bonchev–Trinajstić information content (AvgIpc) is 2.90. The van der Waals surface area contributed by atoms with E-state index in [-0.39, 0.29) is 0 Å². The van der Waals surface area contributed by atoms with Gasteiger partial charge in [0.1, 0.15) is 12.1 Å². The summed E-state index contributed by atoms with van der Waals surface area (Å²) in [6.45, 7) is 4.69. The molecule has 3 heterocycles. The number of nitrogens with one attached hydrogen (secondary N) is 1. The maximum Gasteiger partial charge on any atom is 0.209 e. The molecule has 0 amide bonds. The van der Waals surface area contributed by atoms with Gasteiger partial charge in [0.05, 0.1) is 0 Å². The predicted molar refractivity (Wildman–Crippen MR) is 81.0 cm³/mol. The number of hydrogen-bond acceptors (Lipinski definition) is 6. The van der Waals surface area contributed by atoms with Crippen molar-refractivity contribution < 1.29 is 0 Å². The lowest BCUT2D eigenvalue weighted by molar-refractivity contribution is 0.271. The molecule has 1 saturated carbocycles. The first kappa shape index (κ1) is 12.8. The van der Waals surface area contributed by atoms with E-state index in [0.29, 0.717) is 11.4 Å². The van der Waals surface area contributed by atoms with Gasteiger partial charge in [0, 0.05) is 24.6 Å². The number of aromatic nitrogens is 4. The quantitative estimate of drug-likeness (QED) is 0.853. The maximum atomic E-state index is 5.91. The van der Waals surface area contributed by atoms with E-state index in [4.69, 9.17) is 5.73 Å². The van der Waals surface area contributed by atoms with Crippen LogP contribution in [-0.4, -0.2) is 50.7 Å². The summed E-state index contributed by atoms with van der Waals surface area (Å²) >= 11 is 0. The fraction of sp³-hybridized carbons (Fsp3) is 0.643. The summed E-state index contributed by atoms with van der Waals surface area (Å²) in [4.78, 5) is 6.97. The minimum absolute atomic E-state index is 0.421. The van der Waals surface area contributed by atoms with Gasteiger partial charge in [-0.15, -0.1) is 10.2 Å². The van der Waals surface area contributed by atoms with Gasteiger partial charge in [-0.1, -0.05) is 0 Å². The summed E-state index contributed by atoms with van der Waals surface area (Å²) in [5.41, 5.74) is 7.07. The van der Waals surface area contributed by atoms with Crippen molar-refractivity contribution in [3.63, 3.8) is 0 Å². The standard InChI is InChI=1S/C14H21N7/c15-13-18-11(7-12-19-17-10-21(12)13)16-8-14(3-4-14)9-20-5-1-2-6-20/h7,10,16H,1-6,8-9H2,(H2,15,18). The van der Waals surface area contributed by atoms with Crippen LogP contribution in [0.2, 0.25) is 0 Å². The third kappa shape index (κ3) is 2.53. The van der Waals surface area contributed by atoms with Crippen LogP contribution in [0, 0.1) is 5.41 Å². The molecule has 7 nitrogen and oxygen atoms in total. The monoisotopic (exact) mass is 287 g/mol. The van der Waals surface area contributed by atoms with E-state index in [0.717, 1.165) is 18.0 Å². The molecule has 112 valence electrons. The minimum Gasteiger partial charge on any atom is -0.369 e. The molecule has 1 aliphatic carbocycles. The number of fused-ring (bicyclic) bond motifs is 1. The molecule has 2 fully saturated rings. The van der Waals surface area contributed by atoms with E-state index in [1.807, 2.05) is 6.07 Å². The number of nitrogens with two attached hydrogens (primary N) is 1. The summed E-state index contributed by atoms with van der Waals surface area (Å²) in [7, 11) is 0. The van der Waals surface area contributed by atoms with E-state index < -0.39 is 0 Å². The highest BCUT2D eigenvalue weighted by Crippen LogP contribution is 2.46. The zero-order valence-electron chi connectivity index (χ0n) is 12.1. The zero-order valence-corrected chi connectivity index (χ0v) is 12.1. The molecule has 0 aromatic carbocycles. The highest BCUT2D eigenvalue weighted by molar-refractivity contribution is 5.53. The summed E-state index contributed by atoms with van der Waals surface area (Å²) in [6.07, 6.45) is 6.89. The molecule has 0 atom stereocenters. The van der Waals surface area contributed by atoms with Gasteiger partial charge in [0.25, 0.3) is 0 Å². The molecule has 1 saturated heterocycles. The second kappa shape index (κ2) is 4.84. The Bertz CT molecular complexity index is 640. The molecule has 0 bridgehead atoms. The highest BCUT2D eigenvalue weighted by atomic mass is 15.3. The van der Waals surface area contributed by atoms with Crippen LogP contribution in [0.5, 0.6) is 0 Å². The van der Waals surface area contributed by atoms with Crippen molar-refractivity contribution in [1.82, 2.24) is 24.5 Å². The van der Waals surface area contributed by atoms with E-state index in [9.17, 15) is 0 Å². The molecule has 2 aromatic rings. The smallest absolute Gasteiger partial charge is 0.209 e. The summed E-state index contributed by atoms with van der Waals surface area (Å²) in [6, 6.07) is 1.90. The van der Waals surface area contributed by atoms with Crippen molar-refractivity contribution in [1.29, 1.82) is 0 Å². The first-order chi connectivity index (χ1) is 10.2. The molecule has 3 N–H and O–H groups in total. The predicted octanol–water partition coefficient (Wildman–Crippen LogP) is 0.994. The van der Waals surface area contributed by atoms with Crippen LogP contribution in [0.1, 0.15) is 25.7 Å². The lowest BCUT2D eigenvalue weighted by Gasteiger charge is -2.23. The third-order valence-corrected chi connectivity index (χ3v) is 4.68. The van der Waals surface area contributed by atoms with Crippen molar-refractivity contribution in [2.75, 3.05) is 37.2 Å². The van der Waals surface area contributed by atoms with E-state index in [2.05, 4.69) is 25.4 Å². The van der Waals surface area contributed by atoms with Crippen LogP contribution in [0.4, 0.5) is 11.8 Å². The van der Waals surface area contributed by atoms with Crippen molar-refractivity contribution in [3.8, 4) is 0 Å². The van der Waals surface area contributed by atoms with Gasteiger partial charge in [-0.3, -0.25) is 4.40 Å². The molecular formula is C14H21N7. The van der Waals surface area contributed by atoms with Gasteiger partial charge >= 0.3 is 0 Å². The maximum absolute atomic E-state index is 5.91. The summed E-state index contributed by atoms with van der Waals surface area (Å²) in [5.74, 6) is 1.21. The Morgan fingerprint density at radius 3 is 2.86 bits per heavy atom. The molecule has 0 radical (unpaired) electrons. The van der Waals surface area contributed by atoms with Crippen molar-refractivity contribution in [3.05, 3.63) is 12.4 Å². The number of rotatable bonds is 5. The van der Waals surface area contributed by atoms with Gasteiger partial charge < -0.3 is 16.0 Å². The van der Waals surface area contributed by atoms with Gasteiger partial charge in [-0.25, -0.2) is 0 Å². The second-order valence-electron chi connectivity index (χ2n) is 6.40. The Hall–Kier alpha value is -1.89. The highest BCUT2D eigenvalue weighted by Gasteiger charge is 2.43. The van der Waals surface area contributed by atoms with E-state index in [1.54, 1.807) is 10.7 Å². The van der Waals surface area contributed by atoms with Crippen molar-refractivity contribution >= 4 is 17.4 Å². The Balaban J connectivity index is 1.43. The molecule has 2 aliphatic rings. The largest absolute Gasteiger partial charge is 0.369 e. The summed E-state index contributed by atoms with van der Waals surface area (Å²) in [5, 5.41) is 11.3. The summed E-state index contributed by atoms with van der Waals surface area (Å²) < 4.78 is 1.68. The topological polar surface area (TPSA) is 84.4 Å². The Kier molecular flexibility index (Phi) is 2.95. The van der Waals surface area contributed by atoms with Crippen LogP contribution >= 0.6 is 0 Å². The number of nitrogen functional groups attached to an aromatic ring is 1. The molecule has 7 heteroatoms. The average molecular weight is 287 g/mol. The lowest BCUT2D eigenvalue weighted by atomic mass is 10.1. The normalized spacial score (nSPS) is 21.0. The third-order valence-electron chi connectivity index (χ3n) is 4.68. The van der Waals surface area contributed by atoms with Crippen LogP contribution in [0.25, 0.3) is 5.65 Å². The van der Waals surface area contributed by atoms with Gasteiger partial charge in [-0.2, -0.15) is 4.98 Å². The molecule has 0 unspecified atom stereocenters. The molecule has 2 aromatic heterocycles. The number of nitrogens with zero attached hydrogens (tertiary/aromatic N) is 5. The fourth-order valence-electron chi connectivity index (χ4n) is 3.20. The zero-order chi connectivity index (χ0) is 14.3. The van der Waals surface area contributed by atoms with Gasteiger partial charge in [0.2, 0.25) is 5.95 Å². The Morgan fingerprint density at radius 2 is 2.10 bits per heavy atom. The molecule has 1 aliphatic heterocycles. The minimum atomic E-state index is 0.421. The van der Waals surface area contributed by atoms with Gasteiger partial charge in [-0.05, 0) is 38.8 Å². The van der Waals surface area contributed by atoms with Crippen LogP contribution in [0.3, 0.4) is 0 Å². The van der Waals surface area contributed by atoms with E-state index >= 15 is 0 Å². The van der Waals surface area contributed by atoms with Crippen molar-refractivity contribution in [2.24, 2.45) is 5.41 Å². The van der Waals surface area contributed by atoms with Crippen LogP contribution < -0.4 is 11.1 Å². The number of likely N-dealkylation sites (tertiary alicyclic amines) is 1. The molecule has 0 spiro atoms. The lowest BCUT2D eigenvalue weighted by Crippen LogP contribution is -2.32. The van der Waals surface area contributed by atoms with Crippen LogP contribution in [-0.2, 0) is 0 Å². The van der Waals surface area contributed by atoms with Crippen LogP contribution in [0.15, 0.2) is 12.4 Å². The fourth-order valence-corrected chi connectivity index (χ4v) is 3.20. The Labute approximate surface area is 123 Å². The SMILES string of the molecule is Nc1nc(NCC2(CN3CCCC3)CC2)cc2nncn12. The molecular weight excluding hydrogens is 266 g/mol.